The molecule has 0 spiro atoms. The third kappa shape index (κ3) is 5.37. The van der Waals surface area contributed by atoms with E-state index in [1.54, 1.807) is 18.2 Å². The van der Waals surface area contributed by atoms with Crippen LogP contribution in [0.25, 0.3) is 0 Å². The first-order valence-electron chi connectivity index (χ1n) is 8.01. The summed E-state index contributed by atoms with van der Waals surface area (Å²) in [5.41, 5.74) is 1.71. The molecule has 0 radical (unpaired) electrons. The van der Waals surface area contributed by atoms with E-state index in [2.05, 4.69) is 17.0 Å². The van der Waals surface area contributed by atoms with Gasteiger partial charge in [-0.25, -0.2) is 4.79 Å². The van der Waals surface area contributed by atoms with Crippen molar-refractivity contribution in [3.63, 3.8) is 0 Å². The lowest BCUT2D eigenvalue weighted by molar-refractivity contribution is -0.0000249. The van der Waals surface area contributed by atoms with Crippen molar-refractivity contribution in [3.8, 4) is 11.5 Å². The van der Waals surface area contributed by atoms with E-state index in [4.69, 9.17) is 14.2 Å². The van der Waals surface area contributed by atoms with Gasteiger partial charge in [0, 0.05) is 13.1 Å². The molecule has 0 unspecified atom stereocenters. The maximum atomic E-state index is 12.1. The van der Waals surface area contributed by atoms with Gasteiger partial charge in [0.15, 0.2) is 11.5 Å². The fourth-order valence-corrected chi connectivity index (χ4v) is 2.52. The summed E-state index contributed by atoms with van der Waals surface area (Å²) in [7, 11) is 2.00. The second kappa shape index (κ2) is 9.30. The van der Waals surface area contributed by atoms with Gasteiger partial charge in [0.1, 0.15) is 19.8 Å². The largest absolute Gasteiger partial charge is 1.00 e. The zero-order chi connectivity index (χ0) is 16.8. The number of fused-ring (bicyclic) bond motifs is 1. The molecule has 25 heavy (non-hydrogen) atoms. The number of rotatable bonds is 6. The second-order valence-electron chi connectivity index (χ2n) is 5.72. The van der Waals surface area contributed by atoms with E-state index < -0.39 is 0 Å². The van der Waals surface area contributed by atoms with Crippen LogP contribution in [-0.2, 0) is 11.3 Å². The van der Waals surface area contributed by atoms with Gasteiger partial charge >= 0.3 is 7.40 Å². The van der Waals surface area contributed by atoms with Crippen molar-refractivity contribution in [2.24, 2.45) is 0 Å². The van der Waals surface area contributed by atoms with E-state index in [1.165, 1.54) is 5.56 Å². The highest BCUT2D eigenvalue weighted by Crippen LogP contribution is 2.30. The predicted molar refractivity (Wildman–Crippen MR) is 91.6 cm³/mol. The molecule has 1 heterocycles. The van der Waals surface area contributed by atoms with Crippen LogP contribution in [0.2, 0.25) is 0 Å². The summed E-state index contributed by atoms with van der Waals surface area (Å²) in [6, 6.07) is 15.3. The second-order valence-corrected chi connectivity index (χ2v) is 5.72. The molecule has 1 aliphatic rings. The van der Waals surface area contributed by atoms with E-state index >= 15 is 0 Å². The van der Waals surface area contributed by atoms with Crippen LogP contribution < -0.4 is 21.9 Å². The molecular weight excluding hydrogens is 342 g/mol. The number of likely N-dealkylation sites (N-methyl/N-ethyl adjacent to an activating group) is 1. The number of carbonyl (C=O) groups is 1. The molecular formula is C19H22ClNO4. The maximum absolute atomic E-state index is 12.1. The minimum Gasteiger partial charge on any atom is -1.00 e. The molecule has 2 aromatic rings. The number of benzene rings is 2. The molecule has 0 aromatic heterocycles. The first-order valence-corrected chi connectivity index (χ1v) is 8.01. The Bertz CT molecular complexity index is 699. The van der Waals surface area contributed by atoms with Crippen LogP contribution >= 0.6 is 0 Å². The van der Waals surface area contributed by atoms with Gasteiger partial charge in [-0.2, -0.15) is 0 Å². The zero-order valence-corrected chi connectivity index (χ0v) is 14.9. The van der Waals surface area contributed by atoms with Gasteiger partial charge in [-0.05, 0) is 30.8 Å². The highest BCUT2D eigenvalue weighted by atomic mass is 35.5. The Morgan fingerprint density at radius 1 is 1.12 bits per heavy atom. The Morgan fingerprint density at radius 2 is 1.84 bits per heavy atom. The van der Waals surface area contributed by atoms with Gasteiger partial charge in [0.2, 0.25) is 0 Å². The topological polar surface area (TPSA) is 48.0 Å². The average Bonchev–Trinajstić information content (AvgIpc) is 2.62. The Balaban J connectivity index is 0.00000169. The normalized spacial score (nSPS) is 12.4. The van der Waals surface area contributed by atoms with Gasteiger partial charge in [0.05, 0.1) is 5.56 Å². The van der Waals surface area contributed by atoms with E-state index in [0.29, 0.717) is 43.4 Å². The number of carbonyl (C=O) groups excluding carboxylic acids is 1. The average molecular weight is 364 g/mol. The summed E-state index contributed by atoms with van der Waals surface area (Å²) in [5, 5.41) is 0. The molecule has 0 atom stereocenters. The Labute approximate surface area is 155 Å². The Kier molecular flexibility index (Phi) is 7.10. The van der Waals surface area contributed by atoms with Crippen LogP contribution in [-0.4, -0.2) is 44.3 Å². The van der Waals surface area contributed by atoms with Crippen LogP contribution in [0.5, 0.6) is 11.5 Å². The molecule has 5 nitrogen and oxygen atoms in total. The first kappa shape index (κ1) is 19.1. The first-order chi connectivity index (χ1) is 11.7. The highest BCUT2D eigenvalue weighted by Gasteiger charge is 2.15. The lowest BCUT2D eigenvalue weighted by atomic mass is 10.2. The number of hydrogen-bond acceptors (Lipinski definition) is 5. The van der Waals surface area contributed by atoms with Crippen LogP contribution in [0.4, 0.5) is 0 Å². The number of nitrogens with zero attached hydrogens (tertiary/aromatic N) is 1. The summed E-state index contributed by atoms with van der Waals surface area (Å²) < 4.78 is 16.3. The van der Waals surface area contributed by atoms with Crippen molar-refractivity contribution in [1.29, 1.82) is 0 Å². The van der Waals surface area contributed by atoms with Gasteiger partial charge in [-0.1, -0.05) is 30.3 Å². The molecule has 0 saturated heterocycles. The SMILES string of the molecule is CN(CCOC(=O)c1ccc2c(c1)OCCO2)Cc1ccccc1.[Cl-].[H+]. The van der Waals surface area contributed by atoms with E-state index in [9.17, 15) is 4.79 Å². The van der Waals surface area contributed by atoms with Crippen LogP contribution in [0, 0.1) is 0 Å². The van der Waals surface area contributed by atoms with E-state index in [1.807, 2.05) is 25.2 Å². The summed E-state index contributed by atoms with van der Waals surface area (Å²) >= 11 is 0. The van der Waals surface area contributed by atoms with Crippen LogP contribution in [0.3, 0.4) is 0 Å². The molecule has 0 N–H and O–H groups in total. The van der Waals surface area contributed by atoms with E-state index in [-0.39, 0.29) is 19.8 Å². The Hall–Kier alpha value is -2.24. The summed E-state index contributed by atoms with van der Waals surface area (Å²) in [6.45, 7) is 2.87. The minimum atomic E-state index is -0.347. The van der Waals surface area contributed by atoms with Crippen molar-refractivity contribution in [2.45, 2.75) is 6.54 Å². The molecule has 0 amide bonds. The van der Waals surface area contributed by atoms with Gasteiger partial charge in [-0.3, -0.25) is 4.90 Å². The van der Waals surface area contributed by atoms with E-state index in [0.717, 1.165) is 6.54 Å². The molecule has 1 aliphatic heterocycles. The minimum absolute atomic E-state index is 0. The summed E-state index contributed by atoms with van der Waals surface area (Å²) in [5.74, 6) is 0.914. The molecule has 0 fully saturated rings. The zero-order valence-electron chi connectivity index (χ0n) is 15.1. The lowest BCUT2D eigenvalue weighted by Gasteiger charge is -2.19. The molecule has 134 valence electrons. The fraction of sp³-hybridized carbons (Fsp3) is 0.316. The molecule has 6 heteroatoms. The smallest absolute Gasteiger partial charge is 1.00 e. The predicted octanol–water partition coefficient (Wildman–Crippen LogP) is -0.137. The summed E-state index contributed by atoms with van der Waals surface area (Å²) in [4.78, 5) is 14.3. The monoisotopic (exact) mass is 363 g/mol. The highest BCUT2D eigenvalue weighted by molar-refractivity contribution is 5.90. The lowest BCUT2D eigenvalue weighted by Crippen LogP contribution is -3.00. The Morgan fingerprint density at radius 3 is 2.60 bits per heavy atom. The van der Waals surface area contributed by atoms with Gasteiger partial charge < -0.3 is 26.6 Å². The van der Waals surface area contributed by atoms with Crippen molar-refractivity contribution >= 4 is 5.97 Å². The maximum Gasteiger partial charge on any atom is 1.00 e. The van der Waals surface area contributed by atoms with Crippen molar-refractivity contribution in [1.82, 2.24) is 4.90 Å². The summed E-state index contributed by atoms with van der Waals surface area (Å²) in [6.07, 6.45) is 0. The third-order valence-corrected chi connectivity index (χ3v) is 3.78. The van der Waals surface area contributed by atoms with Gasteiger partial charge in [-0.15, -0.1) is 0 Å². The van der Waals surface area contributed by atoms with Crippen LogP contribution in [0.1, 0.15) is 17.3 Å². The van der Waals surface area contributed by atoms with Crippen molar-refractivity contribution in [2.75, 3.05) is 33.4 Å². The number of hydrogen-bond donors (Lipinski definition) is 0. The van der Waals surface area contributed by atoms with Crippen LogP contribution in [0.15, 0.2) is 48.5 Å². The molecule has 3 rings (SSSR count). The van der Waals surface area contributed by atoms with Crippen molar-refractivity contribution in [3.05, 3.63) is 59.7 Å². The molecule has 2 aromatic carbocycles. The quantitative estimate of drug-likeness (QED) is 0.669. The fourth-order valence-electron chi connectivity index (χ4n) is 2.52. The van der Waals surface area contributed by atoms with Gasteiger partial charge in [0.25, 0.3) is 0 Å². The standard InChI is InChI=1S/C19H21NO4.ClH/c1-20(14-15-5-3-2-4-6-15)9-10-24-19(21)16-7-8-17-18(13-16)23-12-11-22-17;/h2-8,13H,9-12,14H2,1H3;1H. The third-order valence-electron chi connectivity index (χ3n) is 3.78. The number of esters is 1. The number of halogens is 1. The van der Waals surface area contributed by atoms with Crippen molar-refractivity contribution < 1.29 is 32.8 Å². The molecule has 0 bridgehead atoms. The number of ether oxygens (including phenoxy) is 3. The molecule has 0 aliphatic carbocycles. The molecule has 0 saturated carbocycles.